The minimum atomic E-state index is -4.39. The number of halogens is 5. The van der Waals surface area contributed by atoms with Gasteiger partial charge < -0.3 is 19.6 Å². The van der Waals surface area contributed by atoms with Crippen LogP contribution in [0.2, 0.25) is 5.02 Å². The average molecular weight is 501 g/mol. The van der Waals surface area contributed by atoms with Crippen molar-refractivity contribution in [3.8, 4) is 5.75 Å². The first kappa shape index (κ1) is 28.1. The maximum absolute atomic E-state index is 12.6. The van der Waals surface area contributed by atoms with Crippen molar-refractivity contribution < 1.29 is 27.8 Å². The van der Waals surface area contributed by atoms with E-state index in [-0.39, 0.29) is 24.0 Å². The molecule has 0 aromatic heterocycles. The van der Waals surface area contributed by atoms with Crippen LogP contribution in [0.1, 0.15) is 13.3 Å². The Labute approximate surface area is 196 Å². The first-order chi connectivity index (χ1) is 15.2. The number of aliphatic hydroxyl groups excluding tert-OH is 1. The molecule has 1 N–H and O–H groups in total. The molecular weight excluding hydrogens is 472 g/mol. The molecule has 1 aromatic rings. The van der Waals surface area contributed by atoms with Crippen LogP contribution in [0, 0.1) is 0 Å². The smallest absolute Gasteiger partial charge is 0.394 e. The van der Waals surface area contributed by atoms with Gasteiger partial charge in [0.25, 0.3) is 0 Å². The first-order valence-electron chi connectivity index (χ1n) is 9.91. The highest BCUT2D eigenvalue weighted by atomic mass is 35.5. The summed E-state index contributed by atoms with van der Waals surface area (Å²) in [6, 6.07) is 5.51. The first-order valence-corrected chi connectivity index (χ1v) is 10.8. The summed E-state index contributed by atoms with van der Waals surface area (Å²) in [5.74, 6) is 0.0564. The van der Waals surface area contributed by atoms with E-state index in [0.29, 0.717) is 43.5 Å². The van der Waals surface area contributed by atoms with Gasteiger partial charge in [-0.3, -0.25) is 9.80 Å². The van der Waals surface area contributed by atoms with Crippen molar-refractivity contribution in [2.24, 2.45) is 5.10 Å². The molecule has 7 nitrogen and oxygen atoms in total. The van der Waals surface area contributed by atoms with Crippen molar-refractivity contribution >= 4 is 40.5 Å². The number of amides is 1. The van der Waals surface area contributed by atoms with Gasteiger partial charge in [0, 0.05) is 51.6 Å². The standard InChI is InChI=1S/C19H25Cl2F3N4O2.CH4O/c1-3-28(25-14(12-20)11-19(22,23)24)13-18(29)27-8-6-26(7-9-27)15-4-5-16(21)17(10-15)30-2;1-2/h4-5,10H,3,6-9,11-13H2,1-2H3;2H,1H3/b25-14-;. The number of piperazine rings is 1. The Kier molecular flexibility index (Phi) is 11.9. The minimum absolute atomic E-state index is 0.0937. The molecule has 1 aromatic carbocycles. The summed E-state index contributed by atoms with van der Waals surface area (Å²) in [5.41, 5.74) is 0.738. The molecule has 0 spiro atoms. The number of carbonyl (C=O) groups excluding carboxylic acids is 1. The van der Waals surface area contributed by atoms with Crippen LogP contribution in [-0.4, -0.2) is 92.2 Å². The maximum atomic E-state index is 12.6. The van der Waals surface area contributed by atoms with Crippen LogP contribution in [0.25, 0.3) is 0 Å². The molecule has 0 radical (unpaired) electrons. The van der Waals surface area contributed by atoms with Crippen LogP contribution < -0.4 is 9.64 Å². The van der Waals surface area contributed by atoms with Crippen molar-refractivity contribution in [3.05, 3.63) is 23.2 Å². The Balaban J connectivity index is 0.00000249. The number of ether oxygens (including phenoxy) is 1. The second-order valence-corrected chi connectivity index (χ2v) is 7.43. The molecule has 1 saturated heterocycles. The van der Waals surface area contributed by atoms with Crippen LogP contribution in [0.4, 0.5) is 18.9 Å². The molecule has 32 heavy (non-hydrogen) atoms. The van der Waals surface area contributed by atoms with Crippen LogP contribution in [0.5, 0.6) is 5.75 Å². The predicted molar refractivity (Wildman–Crippen MR) is 121 cm³/mol. The summed E-state index contributed by atoms with van der Waals surface area (Å²) in [6.45, 7) is 4.16. The van der Waals surface area contributed by atoms with Gasteiger partial charge in [-0.2, -0.15) is 18.3 Å². The molecule has 0 aliphatic carbocycles. The summed E-state index contributed by atoms with van der Waals surface area (Å²) < 4.78 is 43.0. The van der Waals surface area contributed by atoms with E-state index >= 15 is 0 Å². The van der Waals surface area contributed by atoms with E-state index in [2.05, 4.69) is 10.0 Å². The number of hydrazone groups is 1. The number of hydrogen-bond acceptors (Lipinski definition) is 6. The van der Waals surface area contributed by atoms with Crippen LogP contribution in [-0.2, 0) is 4.79 Å². The average Bonchev–Trinajstić information content (AvgIpc) is 2.78. The zero-order valence-corrected chi connectivity index (χ0v) is 19.8. The Morgan fingerprint density at radius 2 is 1.88 bits per heavy atom. The number of likely N-dealkylation sites (N-methyl/N-ethyl adjacent to an activating group) is 1. The molecule has 1 aliphatic rings. The van der Waals surface area contributed by atoms with E-state index in [1.54, 1.807) is 25.0 Å². The summed E-state index contributed by atoms with van der Waals surface area (Å²) in [4.78, 5) is 16.4. The van der Waals surface area contributed by atoms with Gasteiger partial charge in [0.05, 0.1) is 30.1 Å². The molecule has 12 heteroatoms. The van der Waals surface area contributed by atoms with E-state index < -0.39 is 12.6 Å². The lowest BCUT2D eigenvalue weighted by Crippen LogP contribution is -2.51. The highest BCUT2D eigenvalue weighted by molar-refractivity contribution is 6.32. The van der Waals surface area contributed by atoms with Crippen molar-refractivity contribution in [1.82, 2.24) is 9.91 Å². The fourth-order valence-electron chi connectivity index (χ4n) is 3.07. The number of carbonyl (C=O) groups is 1. The van der Waals surface area contributed by atoms with Gasteiger partial charge in [0.15, 0.2) is 0 Å². The second kappa shape index (κ2) is 13.6. The van der Waals surface area contributed by atoms with Crippen molar-refractivity contribution in [2.45, 2.75) is 19.5 Å². The van der Waals surface area contributed by atoms with E-state index in [1.165, 1.54) is 5.01 Å². The SMILES string of the molecule is CCN(CC(=O)N1CCN(c2ccc(Cl)c(OC)c2)CC1)/N=C(\CCl)CC(F)(F)F.CO. The summed E-state index contributed by atoms with van der Waals surface area (Å²) in [5, 5.41) is 12.8. The number of nitrogens with zero attached hydrogens (tertiary/aromatic N) is 4. The maximum Gasteiger partial charge on any atom is 0.394 e. The lowest BCUT2D eigenvalue weighted by Gasteiger charge is -2.37. The summed E-state index contributed by atoms with van der Waals surface area (Å²) >= 11 is 11.7. The Morgan fingerprint density at radius 1 is 1.25 bits per heavy atom. The Bertz CT molecular complexity index is 758. The van der Waals surface area contributed by atoms with Gasteiger partial charge in [-0.25, -0.2) is 0 Å². The van der Waals surface area contributed by atoms with Crippen molar-refractivity contribution in [3.63, 3.8) is 0 Å². The van der Waals surface area contributed by atoms with E-state index in [9.17, 15) is 18.0 Å². The fourth-order valence-corrected chi connectivity index (χ4v) is 3.42. The Morgan fingerprint density at radius 3 is 2.38 bits per heavy atom. The zero-order chi connectivity index (χ0) is 24.3. The lowest BCUT2D eigenvalue weighted by molar-refractivity contribution is -0.132. The summed E-state index contributed by atoms with van der Waals surface area (Å²) in [7, 11) is 2.55. The molecule has 182 valence electrons. The fraction of sp³-hybridized carbons (Fsp3) is 0.600. The third kappa shape index (κ3) is 8.91. The van der Waals surface area contributed by atoms with Crippen LogP contribution in [0.3, 0.4) is 0 Å². The highest BCUT2D eigenvalue weighted by Crippen LogP contribution is 2.29. The van der Waals surface area contributed by atoms with Crippen molar-refractivity contribution in [1.29, 1.82) is 0 Å². The lowest BCUT2D eigenvalue weighted by atomic mass is 10.2. The number of alkyl halides is 4. The van der Waals surface area contributed by atoms with E-state index in [0.717, 1.165) is 12.8 Å². The number of benzene rings is 1. The third-order valence-electron chi connectivity index (χ3n) is 4.66. The molecule has 0 saturated carbocycles. The third-order valence-corrected chi connectivity index (χ3v) is 5.28. The largest absolute Gasteiger partial charge is 0.495 e. The quantitative estimate of drug-likeness (QED) is 0.336. The van der Waals surface area contributed by atoms with E-state index in [1.807, 2.05) is 12.1 Å². The summed E-state index contributed by atoms with van der Waals surface area (Å²) in [6.07, 6.45) is -5.58. The van der Waals surface area contributed by atoms with Gasteiger partial charge in [-0.05, 0) is 19.1 Å². The highest BCUT2D eigenvalue weighted by Gasteiger charge is 2.30. The molecule has 0 bridgehead atoms. The normalized spacial score (nSPS) is 14.6. The molecular formula is C20H29Cl2F3N4O3. The van der Waals surface area contributed by atoms with Gasteiger partial charge in [-0.15, -0.1) is 11.6 Å². The number of aliphatic hydroxyl groups is 1. The molecule has 0 atom stereocenters. The van der Waals surface area contributed by atoms with Crippen LogP contribution in [0.15, 0.2) is 23.3 Å². The monoisotopic (exact) mass is 500 g/mol. The van der Waals surface area contributed by atoms with Gasteiger partial charge >= 0.3 is 6.18 Å². The van der Waals surface area contributed by atoms with E-state index in [4.69, 9.17) is 33.0 Å². The second-order valence-electron chi connectivity index (χ2n) is 6.76. The number of rotatable bonds is 8. The Hall–Kier alpha value is -1.91. The number of methoxy groups -OCH3 is 1. The van der Waals surface area contributed by atoms with Gasteiger partial charge in [0.1, 0.15) is 12.3 Å². The molecule has 1 amide bonds. The number of hydrogen-bond donors (Lipinski definition) is 1. The molecule has 1 fully saturated rings. The van der Waals surface area contributed by atoms with Gasteiger partial charge in [-0.1, -0.05) is 11.6 Å². The predicted octanol–water partition coefficient (Wildman–Crippen LogP) is 3.47. The molecule has 0 unspecified atom stereocenters. The van der Waals surface area contributed by atoms with Gasteiger partial charge in [0.2, 0.25) is 5.91 Å². The molecule has 2 rings (SSSR count). The van der Waals surface area contributed by atoms with Crippen molar-refractivity contribution in [2.75, 3.05) is 64.3 Å². The zero-order valence-electron chi connectivity index (χ0n) is 18.3. The minimum Gasteiger partial charge on any atom is -0.495 e. The topological polar surface area (TPSA) is 68.6 Å². The van der Waals surface area contributed by atoms with Crippen LogP contribution >= 0.6 is 23.2 Å². The molecule has 1 heterocycles. The number of anilines is 1. The molecule has 1 aliphatic heterocycles.